The van der Waals surface area contributed by atoms with Crippen LogP contribution in [0.25, 0.3) is 0 Å². The molecule has 4 nitrogen and oxygen atoms in total. The Balaban J connectivity index is 1.85. The molecule has 0 saturated heterocycles. The van der Waals surface area contributed by atoms with Crippen molar-refractivity contribution in [2.24, 2.45) is 5.92 Å². The first-order valence-corrected chi connectivity index (χ1v) is 6.30. The standard InChI is InChI=1S/C10H20N4S/c1-9(2)6-11-4-3-5-12-7-10-8-15-14-13-10/h8-9,11-12H,3-7H2,1-2H3. The summed E-state index contributed by atoms with van der Waals surface area (Å²) in [5.41, 5.74) is 1.04. The number of hydrogen-bond donors (Lipinski definition) is 2. The topological polar surface area (TPSA) is 49.8 Å². The zero-order valence-corrected chi connectivity index (χ0v) is 10.3. The molecule has 5 heteroatoms. The second-order valence-corrected chi connectivity index (χ2v) is 4.63. The van der Waals surface area contributed by atoms with Gasteiger partial charge in [0.2, 0.25) is 0 Å². The van der Waals surface area contributed by atoms with Gasteiger partial charge in [-0.25, -0.2) is 0 Å². The molecule has 0 aliphatic carbocycles. The lowest BCUT2D eigenvalue weighted by atomic mass is 10.2. The Kier molecular flexibility index (Phi) is 6.47. The summed E-state index contributed by atoms with van der Waals surface area (Å²) in [6.07, 6.45) is 1.16. The molecule has 15 heavy (non-hydrogen) atoms. The molecule has 2 N–H and O–H groups in total. The van der Waals surface area contributed by atoms with E-state index in [1.165, 1.54) is 11.5 Å². The van der Waals surface area contributed by atoms with E-state index in [0.29, 0.717) is 0 Å². The third kappa shape index (κ3) is 6.54. The summed E-state index contributed by atoms with van der Waals surface area (Å²) in [5.74, 6) is 0.735. The van der Waals surface area contributed by atoms with Crippen LogP contribution in [0.5, 0.6) is 0 Å². The molecule has 0 amide bonds. The molecule has 86 valence electrons. The van der Waals surface area contributed by atoms with Crippen LogP contribution >= 0.6 is 11.5 Å². The second-order valence-electron chi connectivity index (χ2n) is 4.02. The molecule has 1 aromatic heterocycles. The van der Waals surface area contributed by atoms with Gasteiger partial charge in [-0.05, 0) is 43.5 Å². The minimum Gasteiger partial charge on any atom is -0.316 e. The number of nitrogens with one attached hydrogen (secondary N) is 2. The van der Waals surface area contributed by atoms with Crippen molar-refractivity contribution < 1.29 is 0 Å². The highest BCUT2D eigenvalue weighted by molar-refractivity contribution is 7.03. The van der Waals surface area contributed by atoms with E-state index in [0.717, 1.165) is 44.2 Å². The van der Waals surface area contributed by atoms with Gasteiger partial charge < -0.3 is 10.6 Å². The smallest absolute Gasteiger partial charge is 0.0893 e. The van der Waals surface area contributed by atoms with Gasteiger partial charge in [-0.15, -0.1) is 5.10 Å². The Morgan fingerprint density at radius 2 is 2.13 bits per heavy atom. The van der Waals surface area contributed by atoms with Crippen LogP contribution in [0.1, 0.15) is 26.0 Å². The molecule has 1 aromatic rings. The van der Waals surface area contributed by atoms with Crippen molar-refractivity contribution >= 4 is 11.5 Å². The third-order valence-electron chi connectivity index (χ3n) is 1.97. The largest absolute Gasteiger partial charge is 0.316 e. The van der Waals surface area contributed by atoms with Crippen molar-refractivity contribution in [2.45, 2.75) is 26.8 Å². The lowest BCUT2D eigenvalue weighted by molar-refractivity contribution is 0.529. The van der Waals surface area contributed by atoms with E-state index in [2.05, 4.69) is 34.1 Å². The van der Waals surface area contributed by atoms with Crippen LogP contribution in [0.3, 0.4) is 0 Å². The first kappa shape index (κ1) is 12.5. The first-order valence-electron chi connectivity index (χ1n) is 5.46. The summed E-state index contributed by atoms with van der Waals surface area (Å²) in [5, 5.41) is 12.7. The van der Waals surface area contributed by atoms with Crippen molar-refractivity contribution in [2.75, 3.05) is 19.6 Å². The highest BCUT2D eigenvalue weighted by atomic mass is 32.1. The van der Waals surface area contributed by atoms with Crippen LogP contribution in [-0.4, -0.2) is 29.2 Å². The summed E-state index contributed by atoms with van der Waals surface area (Å²) in [4.78, 5) is 0. The van der Waals surface area contributed by atoms with E-state index in [1.807, 2.05) is 5.38 Å². The van der Waals surface area contributed by atoms with Crippen LogP contribution in [0.4, 0.5) is 0 Å². The molecule has 0 fully saturated rings. The number of aromatic nitrogens is 2. The van der Waals surface area contributed by atoms with Gasteiger partial charge in [0.15, 0.2) is 0 Å². The predicted molar refractivity (Wildman–Crippen MR) is 63.9 cm³/mol. The normalized spacial score (nSPS) is 11.1. The van der Waals surface area contributed by atoms with Crippen molar-refractivity contribution in [3.05, 3.63) is 11.1 Å². The summed E-state index contributed by atoms with van der Waals surface area (Å²) in [6, 6.07) is 0. The van der Waals surface area contributed by atoms with Gasteiger partial charge in [0.05, 0.1) is 5.69 Å². The maximum Gasteiger partial charge on any atom is 0.0893 e. The minimum atomic E-state index is 0.735. The summed E-state index contributed by atoms with van der Waals surface area (Å²) in [6.45, 7) is 8.50. The molecule has 0 aromatic carbocycles. The average molecular weight is 228 g/mol. The molecule has 0 unspecified atom stereocenters. The Morgan fingerprint density at radius 1 is 1.33 bits per heavy atom. The molecule has 0 aliphatic rings. The molecule has 1 rings (SSSR count). The fourth-order valence-corrected chi connectivity index (χ4v) is 1.66. The number of hydrogen-bond acceptors (Lipinski definition) is 5. The summed E-state index contributed by atoms with van der Waals surface area (Å²) in [7, 11) is 0. The molecule has 0 aliphatic heterocycles. The van der Waals surface area contributed by atoms with Crippen LogP contribution in [0.2, 0.25) is 0 Å². The van der Waals surface area contributed by atoms with Crippen LogP contribution in [-0.2, 0) is 6.54 Å². The van der Waals surface area contributed by atoms with Crippen LogP contribution in [0, 0.1) is 5.92 Å². The average Bonchev–Trinajstić information content (AvgIpc) is 2.68. The van der Waals surface area contributed by atoms with E-state index in [-0.39, 0.29) is 0 Å². The molecular weight excluding hydrogens is 208 g/mol. The van der Waals surface area contributed by atoms with Crippen molar-refractivity contribution in [1.29, 1.82) is 0 Å². The Hall–Kier alpha value is -0.520. The first-order chi connectivity index (χ1) is 7.29. The van der Waals surface area contributed by atoms with E-state index >= 15 is 0 Å². The SMILES string of the molecule is CC(C)CNCCCNCc1csnn1. The zero-order valence-electron chi connectivity index (χ0n) is 9.49. The Morgan fingerprint density at radius 3 is 2.80 bits per heavy atom. The maximum atomic E-state index is 3.96. The third-order valence-corrected chi connectivity index (χ3v) is 2.52. The lowest BCUT2D eigenvalue weighted by Crippen LogP contribution is -2.24. The van der Waals surface area contributed by atoms with Crippen molar-refractivity contribution in [1.82, 2.24) is 20.2 Å². The summed E-state index contributed by atoms with van der Waals surface area (Å²) >= 11 is 1.40. The molecule has 0 radical (unpaired) electrons. The van der Waals surface area contributed by atoms with Gasteiger partial charge >= 0.3 is 0 Å². The molecule has 0 spiro atoms. The number of nitrogens with zero attached hydrogens (tertiary/aromatic N) is 2. The van der Waals surface area contributed by atoms with Gasteiger partial charge in [-0.2, -0.15) is 0 Å². The van der Waals surface area contributed by atoms with Gasteiger partial charge in [0, 0.05) is 11.9 Å². The van der Waals surface area contributed by atoms with Gasteiger partial charge in [-0.1, -0.05) is 18.3 Å². The lowest BCUT2D eigenvalue weighted by Gasteiger charge is -2.07. The second kappa shape index (κ2) is 7.73. The van der Waals surface area contributed by atoms with Gasteiger partial charge in [0.25, 0.3) is 0 Å². The molecule has 0 saturated carbocycles. The van der Waals surface area contributed by atoms with Gasteiger partial charge in [0.1, 0.15) is 0 Å². The van der Waals surface area contributed by atoms with Crippen LogP contribution in [0.15, 0.2) is 5.38 Å². The predicted octanol–water partition coefficient (Wildman–Crippen LogP) is 1.26. The molecule has 1 heterocycles. The maximum absolute atomic E-state index is 3.96. The fraction of sp³-hybridized carbons (Fsp3) is 0.800. The van der Waals surface area contributed by atoms with Crippen molar-refractivity contribution in [3.63, 3.8) is 0 Å². The highest BCUT2D eigenvalue weighted by Crippen LogP contribution is 1.95. The minimum absolute atomic E-state index is 0.735. The van der Waals surface area contributed by atoms with Crippen LogP contribution < -0.4 is 10.6 Å². The van der Waals surface area contributed by atoms with E-state index < -0.39 is 0 Å². The number of rotatable bonds is 8. The Labute approximate surface area is 95.6 Å². The molecule has 0 bridgehead atoms. The molecular formula is C10H20N4S. The monoisotopic (exact) mass is 228 g/mol. The van der Waals surface area contributed by atoms with Crippen molar-refractivity contribution in [3.8, 4) is 0 Å². The summed E-state index contributed by atoms with van der Waals surface area (Å²) < 4.78 is 3.81. The van der Waals surface area contributed by atoms with E-state index in [4.69, 9.17) is 0 Å². The van der Waals surface area contributed by atoms with E-state index in [9.17, 15) is 0 Å². The highest BCUT2D eigenvalue weighted by Gasteiger charge is 1.95. The molecule has 0 atom stereocenters. The zero-order chi connectivity index (χ0) is 10.9. The fourth-order valence-electron chi connectivity index (χ4n) is 1.21. The Bertz CT molecular complexity index is 236. The quantitative estimate of drug-likeness (QED) is 0.658. The van der Waals surface area contributed by atoms with E-state index in [1.54, 1.807) is 0 Å². The van der Waals surface area contributed by atoms with Gasteiger partial charge in [-0.3, -0.25) is 0 Å².